The number of pyridine rings is 1. The van der Waals surface area contributed by atoms with Crippen LogP contribution in [0.4, 0.5) is 5.82 Å². The van der Waals surface area contributed by atoms with Gasteiger partial charge in [-0.25, -0.2) is 10.8 Å². The second-order valence-corrected chi connectivity index (χ2v) is 5.67. The lowest BCUT2D eigenvalue weighted by Crippen LogP contribution is -2.41. The van der Waals surface area contributed by atoms with Crippen LogP contribution in [0.5, 0.6) is 0 Å². The number of nitrogens with two attached hydrogens (primary N) is 1. The average Bonchev–Trinajstić information content (AvgIpc) is 2.48. The van der Waals surface area contributed by atoms with E-state index in [0.717, 1.165) is 11.0 Å². The van der Waals surface area contributed by atoms with Crippen molar-refractivity contribution in [2.24, 2.45) is 5.84 Å². The Labute approximate surface area is 108 Å². The molecule has 2 heterocycles. The number of hydrogen-bond acceptors (Lipinski definition) is 5. The molecule has 98 valence electrons. The Hall–Kier alpha value is -1.11. The van der Waals surface area contributed by atoms with Crippen LogP contribution in [0.2, 0.25) is 0 Å². The standard InChI is InChI=1S/C12H20BN3O2/c1-8-6-9(7-15-10(8)16-14)13-17-11(2,3)12(4,5)18-13/h6-7H,14H2,1-5H3,(H,15,16). The van der Waals surface area contributed by atoms with Gasteiger partial charge in [0.1, 0.15) is 5.82 Å². The Kier molecular flexibility index (Phi) is 3.13. The Balaban J connectivity index is 2.27. The molecule has 18 heavy (non-hydrogen) atoms. The Morgan fingerprint density at radius 3 is 2.22 bits per heavy atom. The molecule has 0 unspecified atom stereocenters. The molecule has 1 saturated heterocycles. The summed E-state index contributed by atoms with van der Waals surface area (Å²) in [6.07, 6.45) is 1.73. The van der Waals surface area contributed by atoms with Gasteiger partial charge < -0.3 is 14.7 Å². The molecule has 0 aromatic carbocycles. The first-order chi connectivity index (χ1) is 8.27. The Bertz CT molecular complexity index is 447. The highest BCUT2D eigenvalue weighted by molar-refractivity contribution is 6.62. The van der Waals surface area contributed by atoms with Crippen molar-refractivity contribution in [2.45, 2.75) is 45.8 Å². The van der Waals surface area contributed by atoms with Crippen LogP contribution in [-0.2, 0) is 9.31 Å². The number of rotatable bonds is 2. The zero-order valence-electron chi connectivity index (χ0n) is 11.6. The summed E-state index contributed by atoms with van der Waals surface area (Å²) in [6, 6.07) is 1.98. The summed E-state index contributed by atoms with van der Waals surface area (Å²) in [5, 5.41) is 0. The van der Waals surface area contributed by atoms with Gasteiger partial charge in [-0.05, 0) is 40.2 Å². The third-order valence-corrected chi connectivity index (χ3v) is 3.76. The molecular formula is C12H20BN3O2. The molecule has 1 aromatic rings. The number of aryl methyl sites for hydroxylation is 1. The van der Waals surface area contributed by atoms with E-state index >= 15 is 0 Å². The fraction of sp³-hybridized carbons (Fsp3) is 0.583. The third-order valence-electron chi connectivity index (χ3n) is 3.76. The Morgan fingerprint density at radius 2 is 1.78 bits per heavy atom. The normalized spacial score (nSPS) is 21.1. The summed E-state index contributed by atoms with van der Waals surface area (Å²) in [5.41, 5.74) is 3.75. The minimum atomic E-state index is -0.381. The second-order valence-electron chi connectivity index (χ2n) is 5.67. The molecule has 6 heteroatoms. The van der Waals surface area contributed by atoms with Gasteiger partial charge in [-0.3, -0.25) is 0 Å². The maximum Gasteiger partial charge on any atom is 0.496 e. The zero-order chi connectivity index (χ0) is 13.6. The van der Waals surface area contributed by atoms with Crippen molar-refractivity contribution in [1.82, 2.24) is 4.98 Å². The minimum absolute atomic E-state index is 0.337. The number of anilines is 1. The molecule has 1 aliphatic heterocycles. The van der Waals surface area contributed by atoms with Crippen LogP contribution >= 0.6 is 0 Å². The largest absolute Gasteiger partial charge is 0.496 e. The SMILES string of the molecule is Cc1cc(B2OC(C)(C)C(C)(C)O2)cnc1NN. The molecule has 0 saturated carbocycles. The lowest BCUT2D eigenvalue weighted by atomic mass is 9.80. The summed E-state index contributed by atoms with van der Waals surface area (Å²) < 4.78 is 11.9. The van der Waals surface area contributed by atoms with Crippen LogP contribution in [0.25, 0.3) is 0 Å². The molecule has 0 amide bonds. The van der Waals surface area contributed by atoms with E-state index in [1.54, 1.807) is 6.20 Å². The Morgan fingerprint density at radius 1 is 1.22 bits per heavy atom. The van der Waals surface area contributed by atoms with Crippen molar-refractivity contribution in [2.75, 3.05) is 5.43 Å². The van der Waals surface area contributed by atoms with Crippen molar-refractivity contribution in [3.8, 4) is 0 Å². The summed E-state index contributed by atoms with van der Waals surface area (Å²) in [7, 11) is -0.381. The molecule has 1 aliphatic rings. The van der Waals surface area contributed by atoms with Gasteiger partial charge in [0, 0.05) is 11.7 Å². The maximum atomic E-state index is 5.96. The topological polar surface area (TPSA) is 69.4 Å². The van der Waals surface area contributed by atoms with Crippen molar-refractivity contribution in [1.29, 1.82) is 0 Å². The van der Waals surface area contributed by atoms with E-state index in [4.69, 9.17) is 15.2 Å². The van der Waals surface area contributed by atoms with Gasteiger partial charge >= 0.3 is 7.12 Å². The number of hydrogen-bond donors (Lipinski definition) is 2. The molecule has 1 aromatic heterocycles. The number of nitrogens with one attached hydrogen (secondary N) is 1. The predicted octanol–water partition coefficient (Wildman–Crippen LogP) is 0.975. The van der Waals surface area contributed by atoms with Crippen molar-refractivity contribution >= 4 is 18.4 Å². The van der Waals surface area contributed by atoms with E-state index < -0.39 is 0 Å². The monoisotopic (exact) mass is 249 g/mol. The number of nitrogen functional groups attached to an aromatic ring is 1. The van der Waals surface area contributed by atoms with Crippen LogP contribution in [0.3, 0.4) is 0 Å². The van der Waals surface area contributed by atoms with Gasteiger partial charge in [0.2, 0.25) is 0 Å². The van der Waals surface area contributed by atoms with E-state index in [-0.39, 0.29) is 18.3 Å². The molecule has 3 N–H and O–H groups in total. The van der Waals surface area contributed by atoms with E-state index in [1.165, 1.54) is 0 Å². The van der Waals surface area contributed by atoms with E-state index in [1.807, 2.05) is 40.7 Å². The van der Waals surface area contributed by atoms with Crippen molar-refractivity contribution < 1.29 is 9.31 Å². The van der Waals surface area contributed by atoms with E-state index in [0.29, 0.717) is 5.82 Å². The second kappa shape index (κ2) is 4.22. The number of aromatic nitrogens is 1. The highest BCUT2D eigenvalue weighted by atomic mass is 16.7. The van der Waals surface area contributed by atoms with Gasteiger partial charge in [0.25, 0.3) is 0 Å². The van der Waals surface area contributed by atoms with E-state index in [2.05, 4.69) is 10.4 Å². The van der Waals surface area contributed by atoms with Gasteiger partial charge in [-0.2, -0.15) is 0 Å². The third kappa shape index (κ3) is 2.11. The van der Waals surface area contributed by atoms with Crippen LogP contribution in [0.15, 0.2) is 12.3 Å². The first-order valence-corrected chi connectivity index (χ1v) is 6.05. The van der Waals surface area contributed by atoms with Crippen LogP contribution < -0.4 is 16.7 Å². The lowest BCUT2D eigenvalue weighted by Gasteiger charge is -2.32. The molecule has 0 spiro atoms. The summed E-state index contributed by atoms with van der Waals surface area (Å²) in [5.74, 6) is 6.03. The molecule has 0 radical (unpaired) electrons. The first-order valence-electron chi connectivity index (χ1n) is 6.05. The highest BCUT2D eigenvalue weighted by Crippen LogP contribution is 2.36. The van der Waals surface area contributed by atoms with Crippen LogP contribution in [0.1, 0.15) is 33.3 Å². The smallest absolute Gasteiger partial charge is 0.399 e. The van der Waals surface area contributed by atoms with Crippen LogP contribution in [-0.4, -0.2) is 23.3 Å². The lowest BCUT2D eigenvalue weighted by molar-refractivity contribution is 0.00578. The summed E-state index contributed by atoms with van der Waals surface area (Å²) in [6.45, 7) is 10.1. The van der Waals surface area contributed by atoms with Crippen molar-refractivity contribution in [3.05, 3.63) is 17.8 Å². The maximum absolute atomic E-state index is 5.96. The van der Waals surface area contributed by atoms with Gasteiger partial charge in [-0.15, -0.1) is 0 Å². The van der Waals surface area contributed by atoms with Crippen LogP contribution in [0, 0.1) is 6.92 Å². The van der Waals surface area contributed by atoms with Crippen molar-refractivity contribution in [3.63, 3.8) is 0 Å². The molecule has 0 bridgehead atoms. The quantitative estimate of drug-likeness (QED) is 0.464. The predicted molar refractivity (Wildman–Crippen MR) is 72.5 cm³/mol. The van der Waals surface area contributed by atoms with Gasteiger partial charge in [0.15, 0.2) is 0 Å². The van der Waals surface area contributed by atoms with Gasteiger partial charge in [0.05, 0.1) is 11.2 Å². The molecule has 0 atom stereocenters. The molecule has 5 nitrogen and oxygen atoms in total. The fourth-order valence-corrected chi connectivity index (χ4v) is 1.86. The minimum Gasteiger partial charge on any atom is -0.399 e. The van der Waals surface area contributed by atoms with Gasteiger partial charge in [-0.1, -0.05) is 6.07 Å². The highest BCUT2D eigenvalue weighted by Gasteiger charge is 2.51. The summed E-state index contributed by atoms with van der Waals surface area (Å²) >= 11 is 0. The first kappa shape index (κ1) is 13.3. The molecule has 0 aliphatic carbocycles. The number of nitrogens with zero attached hydrogens (tertiary/aromatic N) is 1. The number of hydrazine groups is 1. The summed E-state index contributed by atoms with van der Waals surface area (Å²) in [4.78, 5) is 4.24. The molecule has 1 fully saturated rings. The average molecular weight is 249 g/mol. The molecule has 2 rings (SSSR count). The zero-order valence-corrected chi connectivity index (χ0v) is 11.6. The van der Waals surface area contributed by atoms with E-state index in [9.17, 15) is 0 Å². The molecular weight excluding hydrogens is 229 g/mol. The fourth-order valence-electron chi connectivity index (χ4n) is 1.86.